The normalized spacial score (nSPS) is 12.8. The maximum absolute atomic E-state index is 6.13. The van der Waals surface area contributed by atoms with Gasteiger partial charge in [-0.1, -0.05) is 58.4 Å². The third kappa shape index (κ3) is 5.87. The van der Waals surface area contributed by atoms with Crippen molar-refractivity contribution >= 4 is 40.5 Å². The van der Waals surface area contributed by atoms with Crippen LogP contribution in [0.25, 0.3) is 10.9 Å². The summed E-state index contributed by atoms with van der Waals surface area (Å²) in [7, 11) is 3.57. The summed E-state index contributed by atoms with van der Waals surface area (Å²) in [6.45, 7) is 12.1. The number of thioether (sulfide) groups is 1. The smallest absolute Gasteiger partial charge is 0.119 e. The van der Waals surface area contributed by atoms with Gasteiger partial charge >= 0.3 is 0 Å². The number of hydrogen-bond donors (Lipinski definition) is 0. The van der Waals surface area contributed by atoms with Gasteiger partial charge in [0.2, 0.25) is 0 Å². The first-order chi connectivity index (χ1) is 14.5. The monoisotopic (exact) mass is 456 g/mol. The van der Waals surface area contributed by atoms with Gasteiger partial charge < -0.3 is 14.3 Å². The Bertz CT molecular complexity index is 1080. The van der Waals surface area contributed by atoms with Crippen molar-refractivity contribution in [2.24, 2.45) is 10.4 Å². The van der Waals surface area contributed by atoms with Gasteiger partial charge in [0, 0.05) is 56.5 Å². The van der Waals surface area contributed by atoms with Crippen molar-refractivity contribution in [3.8, 4) is 5.75 Å². The predicted molar refractivity (Wildman–Crippen MR) is 137 cm³/mol. The Morgan fingerprint density at radius 2 is 1.74 bits per heavy atom. The summed E-state index contributed by atoms with van der Waals surface area (Å²) in [6.07, 6.45) is 2.96. The second-order valence-electron chi connectivity index (χ2n) is 9.64. The van der Waals surface area contributed by atoms with E-state index in [4.69, 9.17) is 16.3 Å². The lowest BCUT2D eigenvalue weighted by Crippen LogP contribution is -2.20. The van der Waals surface area contributed by atoms with Crippen LogP contribution in [-0.2, 0) is 13.0 Å². The van der Waals surface area contributed by atoms with Gasteiger partial charge in [0.05, 0.1) is 7.11 Å². The maximum Gasteiger partial charge on any atom is 0.119 e. The Balaban J connectivity index is 2.26. The van der Waals surface area contributed by atoms with Gasteiger partial charge in [-0.15, -0.1) is 11.8 Å². The molecule has 0 amide bonds. The molecular formula is C26H33ClN2OS. The van der Waals surface area contributed by atoms with Crippen molar-refractivity contribution < 1.29 is 4.74 Å². The Morgan fingerprint density at radius 3 is 2.32 bits per heavy atom. The van der Waals surface area contributed by atoms with Gasteiger partial charge in [0.25, 0.3) is 0 Å². The molecule has 0 N–H and O–H groups in total. The van der Waals surface area contributed by atoms with E-state index in [9.17, 15) is 0 Å². The lowest BCUT2D eigenvalue weighted by atomic mass is 9.89. The summed E-state index contributed by atoms with van der Waals surface area (Å²) in [5.41, 5.74) is 3.73. The van der Waals surface area contributed by atoms with Crippen molar-refractivity contribution in [2.45, 2.75) is 57.2 Å². The van der Waals surface area contributed by atoms with E-state index in [2.05, 4.69) is 80.7 Å². The molecule has 166 valence electrons. The number of fused-ring (bicyclic) bond motifs is 1. The first kappa shape index (κ1) is 23.7. The fourth-order valence-electron chi connectivity index (χ4n) is 3.86. The SMILES string of the molecule is CN=CC(C)(C)Cc1c(SC(C)(C)C)c2cc(OC)ccc2n1Cc1ccc(Cl)cc1. The highest BCUT2D eigenvalue weighted by molar-refractivity contribution is 8.00. The molecule has 3 aromatic rings. The molecule has 3 nitrogen and oxygen atoms in total. The highest BCUT2D eigenvalue weighted by Crippen LogP contribution is 2.44. The molecule has 0 fully saturated rings. The number of hydrogen-bond acceptors (Lipinski definition) is 3. The highest BCUT2D eigenvalue weighted by Gasteiger charge is 2.27. The fraction of sp³-hybridized carbons (Fsp3) is 0.423. The molecule has 0 atom stereocenters. The molecule has 1 heterocycles. The lowest BCUT2D eigenvalue weighted by Gasteiger charge is -2.24. The molecule has 0 aliphatic rings. The average molecular weight is 457 g/mol. The van der Waals surface area contributed by atoms with E-state index in [0.717, 1.165) is 23.7 Å². The minimum absolute atomic E-state index is 0.0574. The van der Waals surface area contributed by atoms with Crippen LogP contribution in [-0.4, -0.2) is 29.7 Å². The summed E-state index contributed by atoms with van der Waals surface area (Å²) < 4.78 is 8.11. The Morgan fingerprint density at radius 1 is 1.06 bits per heavy atom. The second-order valence-corrected chi connectivity index (χ2v) is 11.9. The number of methoxy groups -OCH3 is 1. The van der Waals surface area contributed by atoms with Crippen LogP contribution in [0.1, 0.15) is 45.9 Å². The molecule has 0 saturated carbocycles. The molecule has 5 heteroatoms. The average Bonchev–Trinajstić information content (AvgIpc) is 2.94. The molecule has 0 spiro atoms. The van der Waals surface area contributed by atoms with E-state index in [-0.39, 0.29) is 10.2 Å². The molecule has 1 aromatic heterocycles. The lowest BCUT2D eigenvalue weighted by molar-refractivity contribution is 0.415. The van der Waals surface area contributed by atoms with Crippen LogP contribution in [0.15, 0.2) is 52.4 Å². The molecule has 0 radical (unpaired) electrons. The Labute approximate surface area is 195 Å². The first-order valence-electron chi connectivity index (χ1n) is 10.6. The predicted octanol–water partition coefficient (Wildman–Crippen LogP) is 7.51. The summed E-state index contributed by atoms with van der Waals surface area (Å²) in [4.78, 5) is 5.66. The number of benzene rings is 2. The van der Waals surface area contributed by atoms with Crippen molar-refractivity contribution in [1.29, 1.82) is 0 Å². The van der Waals surface area contributed by atoms with Crippen molar-refractivity contribution in [1.82, 2.24) is 4.57 Å². The zero-order valence-electron chi connectivity index (χ0n) is 19.6. The van der Waals surface area contributed by atoms with E-state index >= 15 is 0 Å². The van der Waals surface area contributed by atoms with Gasteiger partial charge in [0.1, 0.15) is 5.75 Å². The number of aromatic nitrogens is 1. The molecule has 31 heavy (non-hydrogen) atoms. The Kier molecular flexibility index (Phi) is 7.12. The Hall–Kier alpha value is -1.91. The van der Waals surface area contributed by atoms with Gasteiger partial charge in [-0.2, -0.15) is 0 Å². The zero-order valence-corrected chi connectivity index (χ0v) is 21.2. The number of ether oxygens (including phenoxy) is 1. The number of nitrogens with zero attached hydrogens (tertiary/aromatic N) is 2. The summed E-state index contributed by atoms with van der Waals surface area (Å²) in [5, 5.41) is 2.00. The molecule has 0 bridgehead atoms. The van der Waals surface area contributed by atoms with Crippen LogP contribution in [0, 0.1) is 5.41 Å². The van der Waals surface area contributed by atoms with E-state index < -0.39 is 0 Å². The topological polar surface area (TPSA) is 26.5 Å². The second kappa shape index (κ2) is 9.30. The fourth-order valence-corrected chi connectivity index (χ4v) is 5.17. The van der Waals surface area contributed by atoms with E-state index in [0.29, 0.717) is 0 Å². The highest BCUT2D eigenvalue weighted by atomic mass is 35.5. The number of halogens is 1. The van der Waals surface area contributed by atoms with E-state index in [1.54, 1.807) is 7.11 Å². The van der Waals surface area contributed by atoms with Crippen LogP contribution in [0.4, 0.5) is 0 Å². The van der Waals surface area contributed by atoms with Crippen LogP contribution in [0.3, 0.4) is 0 Å². The summed E-state index contributed by atoms with van der Waals surface area (Å²) >= 11 is 8.06. The molecule has 0 aliphatic heterocycles. The molecule has 2 aromatic carbocycles. The van der Waals surface area contributed by atoms with Crippen LogP contribution in [0.2, 0.25) is 5.02 Å². The van der Waals surface area contributed by atoms with E-state index in [1.165, 1.54) is 27.1 Å². The minimum Gasteiger partial charge on any atom is -0.497 e. The first-order valence-corrected chi connectivity index (χ1v) is 11.8. The van der Waals surface area contributed by atoms with Crippen LogP contribution >= 0.6 is 23.4 Å². The maximum atomic E-state index is 6.13. The minimum atomic E-state index is -0.0574. The van der Waals surface area contributed by atoms with Crippen molar-refractivity contribution in [3.63, 3.8) is 0 Å². The van der Waals surface area contributed by atoms with Crippen LogP contribution < -0.4 is 4.74 Å². The van der Waals surface area contributed by atoms with Gasteiger partial charge in [-0.3, -0.25) is 0 Å². The molecule has 3 rings (SSSR count). The number of aliphatic imine (C=N–C) groups is 1. The van der Waals surface area contributed by atoms with Gasteiger partial charge in [-0.05, 0) is 42.3 Å². The van der Waals surface area contributed by atoms with Gasteiger partial charge in [-0.25, -0.2) is 0 Å². The third-order valence-corrected chi connectivity index (χ3v) is 6.61. The van der Waals surface area contributed by atoms with Crippen molar-refractivity contribution in [3.05, 3.63) is 58.7 Å². The molecular weight excluding hydrogens is 424 g/mol. The third-order valence-electron chi connectivity index (χ3n) is 5.09. The number of rotatable bonds is 7. The summed E-state index contributed by atoms with van der Waals surface area (Å²) in [6, 6.07) is 14.5. The largest absolute Gasteiger partial charge is 0.497 e. The molecule has 0 aliphatic carbocycles. The van der Waals surface area contributed by atoms with E-state index in [1.807, 2.05) is 30.9 Å². The quantitative estimate of drug-likeness (QED) is 0.271. The zero-order chi connectivity index (χ0) is 22.8. The van der Waals surface area contributed by atoms with Gasteiger partial charge in [0.15, 0.2) is 0 Å². The molecule has 0 saturated heterocycles. The van der Waals surface area contributed by atoms with Crippen LogP contribution in [0.5, 0.6) is 5.75 Å². The summed E-state index contributed by atoms with van der Waals surface area (Å²) in [5.74, 6) is 0.882. The standard InChI is InChI=1S/C26H33ClN2OS/c1-25(2,3)31-24-21-14-20(30-7)12-13-22(21)29(16-18-8-10-19(27)11-9-18)23(24)15-26(4,5)17-28-6/h8-14,17H,15-16H2,1-7H3. The molecule has 0 unspecified atom stereocenters. The van der Waals surface area contributed by atoms with Crippen molar-refractivity contribution in [2.75, 3.05) is 14.2 Å².